The third-order valence-corrected chi connectivity index (χ3v) is 8.86. The van der Waals surface area contributed by atoms with Crippen LogP contribution in [0.15, 0.2) is 0 Å². The van der Waals surface area contributed by atoms with Crippen molar-refractivity contribution < 1.29 is 23.7 Å². The van der Waals surface area contributed by atoms with E-state index in [1.165, 1.54) is 44.9 Å². The number of rotatable bonds is 8. The average molecular weight is 376 g/mol. The van der Waals surface area contributed by atoms with Crippen LogP contribution in [0, 0.1) is 23.2 Å². The van der Waals surface area contributed by atoms with Gasteiger partial charge in [0, 0.05) is 6.42 Å². The maximum absolute atomic E-state index is 6.82. The Morgan fingerprint density at radius 2 is 1.52 bits per heavy atom. The summed E-state index contributed by atoms with van der Waals surface area (Å²) in [5.74, 6) is 2.32. The molecule has 0 aromatic rings. The highest BCUT2D eigenvalue weighted by Gasteiger charge is 2.71. The molecule has 0 N–H and O–H groups in total. The maximum Gasteiger partial charge on any atom is 0.104 e. The van der Waals surface area contributed by atoms with E-state index in [2.05, 4.69) is 0 Å². The predicted octanol–water partition coefficient (Wildman–Crippen LogP) is 2.70. The summed E-state index contributed by atoms with van der Waals surface area (Å²) in [5, 5.41) is 0. The molecule has 0 amide bonds. The zero-order valence-electron chi connectivity index (χ0n) is 16.2. The highest BCUT2D eigenvalue weighted by molar-refractivity contribution is 5.22. The van der Waals surface area contributed by atoms with Crippen molar-refractivity contribution >= 4 is 0 Å². The first kappa shape index (κ1) is 16.6. The number of hydrogen-bond donors (Lipinski definition) is 0. The lowest BCUT2D eigenvalue weighted by Crippen LogP contribution is -2.68. The van der Waals surface area contributed by atoms with Crippen molar-refractivity contribution in [2.75, 3.05) is 33.0 Å². The number of epoxide rings is 3. The van der Waals surface area contributed by atoms with Crippen LogP contribution in [0.1, 0.15) is 51.4 Å². The third kappa shape index (κ3) is 2.76. The summed E-state index contributed by atoms with van der Waals surface area (Å²) < 4.78 is 30.0. The summed E-state index contributed by atoms with van der Waals surface area (Å²) in [7, 11) is 0. The Balaban J connectivity index is 1.20. The van der Waals surface area contributed by atoms with Crippen LogP contribution in [-0.2, 0) is 23.7 Å². The van der Waals surface area contributed by atoms with Gasteiger partial charge in [-0.1, -0.05) is 0 Å². The van der Waals surface area contributed by atoms with E-state index in [-0.39, 0.29) is 11.2 Å². The predicted molar refractivity (Wildman–Crippen MR) is 96.4 cm³/mol. The summed E-state index contributed by atoms with van der Waals surface area (Å²) in [6.45, 7) is 4.34. The van der Waals surface area contributed by atoms with Gasteiger partial charge < -0.3 is 23.7 Å². The standard InChI is InChI=1S/C22H32O5/c1(16-7-23-16)14-2-19-20(3-14)4-15-5-21(12-20,26-10-17-8-24-17)13-22(19,6-15)27-11-18-9-25-18/h14-19H,1-13H2. The van der Waals surface area contributed by atoms with Gasteiger partial charge in [-0.25, -0.2) is 0 Å². The van der Waals surface area contributed by atoms with Gasteiger partial charge in [-0.05, 0) is 68.1 Å². The van der Waals surface area contributed by atoms with Gasteiger partial charge in [0.15, 0.2) is 0 Å². The Hall–Kier alpha value is -0.200. The summed E-state index contributed by atoms with van der Waals surface area (Å²) in [4.78, 5) is 0. The fourth-order valence-corrected chi connectivity index (χ4v) is 8.17. The molecule has 5 nitrogen and oxygen atoms in total. The molecule has 0 radical (unpaired) electrons. The van der Waals surface area contributed by atoms with Crippen molar-refractivity contribution in [3.8, 4) is 0 Å². The molecule has 8 aliphatic rings. The second-order valence-electron chi connectivity index (χ2n) is 11.0. The molecule has 5 heteroatoms. The first-order valence-corrected chi connectivity index (χ1v) is 11.3. The second-order valence-corrected chi connectivity index (χ2v) is 11.0. The van der Waals surface area contributed by atoms with Gasteiger partial charge in [-0.2, -0.15) is 0 Å². The van der Waals surface area contributed by atoms with Crippen LogP contribution < -0.4 is 0 Å². The van der Waals surface area contributed by atoms with Crippen molar-refractivity contribution in [2.45, 2.75) is 80.9 Å². The van der Waals surface area contributed by atoms with Crippen LogP contribution in [0.4, 0.5) is 0 Å². The molecule has 0 aromatic heterocycles. The van der Waals surface area contributed by atoms with Crippen LogP contribution in [0.5, 0.6) is 0 Å². The summed E-state index contributed by atoms with van der Waals surface area (Å²) in [6, 6.07) is 0. The van der Waals surface area contributed by atoms with Gasteiger partial charge in [0.25, 0.3) is 0 Å². The molecule has 3 saturated heterocycles. The van der Waals surface area contributed by atoms with Crippen LogP contribution in [0.2, 0.25) is 0 Å². The van der Waals surface area contributed by atoms with E-state index in [1.807, 2.05) is 0 Å². The smallest absolute Gasteiger partial charge is 0.104 e. The van der Waals surface area contributed by atoms with Crippen molar-refractivity contribution in [2.24, 2.45) is 23.2 Å². The van der Waals surface area contributed by atoms with Gasteiger partial charge in [0.05, 0.1) is 50.3 Å². The van der Waals surface area contributed by atoms with Crippen molar-refractivity contribution in [3.63, 3.8) is 0 Å². The van der Waals surface area contributed by atoms with Crippen LogP contribution in [-0.4, -0.2) is 62.5 Å². The van der Waals surface area contributed by atoms with E-state index in [9.17, 15) is 0 Å². The Kier molecular flexibility index (Phi) is 3.37. The molecule has 5 saturated carbocycles. The summed E-state index contributed by atoms with van der Waals surface area (Å²) in [5.41, 5.74) is 0.529. The van der Waals surface area contributed by atoms with E-state index < -0.39 is 0 Å². The zero-order chi connectivity index (χ0) is 17.7. The highest BCUT2D eigenvalue weighted by atomic mass is 16.6. The fourth-order valence-electron chi connectivity index (χ4n) is 8.17. The molecule has 9 unspecified atom stereocenters. The molecule has 4 bridgehead atoms. The van der Waals surface area contributed by atoms with E-state index in [0.29, 0.717) is 23.7 Å². The molecule has 8 rings (SSSR count). The Morgan fingerprint density at radius 3 is 2.26 bits per heavy atom. The third-order valence-electron chi connectivity index (χ3n) is 8.86. The minimum atomic E-state index is 0.0366. The first-order valence-electron chi connectivity index (χ1n) is 11.3. The zero-order valence-corrected chi connectivity index (χ0v) is 16.2. The maximum atomic E-state index is 6.82. The summed E-state index contributed by atoms with van der Waals surface area (Å²) >= 11 is 0. The fraction of sp³-hybridized carbons (Fsp3) is 1.00. The molecule has 3 heterocycles. The molecule has 0 aromatic carbocycles. The lowest BCUT2D eigenvalue weighted by Gasteiger charge is -2.68. The van der Waals surface area contributed by atoms with Gasteiger partial charge >= 0.3 is 0 Å². The Bertz CT molecular complexity index is 628. The van der Waals surface area contributed by atoms with E-state index in [0.717, 1.165) is 57.2 Å². The Labute approximate surface area is 161 Å². The SMILES string of the molecule is C1OC1COC12CC3CC4(CC(CC5CO5)CC4C(OCC4CO4)(C3)C1)C2. The molecular formula is C22H32O5. The van der Waals surface area contributed by atoms with Gasteiger partial charge in [-0.3, -0.25) is 0 Å². The van der Waals surface area contributed by atoms with Gasteiger partial charge in [0.1, 0.15) is 12.2 Å². The molecule has 27 heavy (non-hydrogen) atoms. The van der Waals surface area contributed by atoms with Crippen molar-refractivity contribution in [1.29, 1.82) is 0 Å². The molecule has 150 valence electrons. The van der Waals surface area contributed by atoms with Crippen molar-refractivity contribution in [3.05, 3.63) is 0 Å². The molecule has 5 aliphatic carbocycles. The van der Waals surface area contributed by atoms with Crippen LogP contribution in [0.3, 0.4) is 0 Å². The molecule has 8 fully saturated rings. The second kappa shape index (κ2) is 5.48. The monoisotopic (exact) mass is 376 g/mol. The first-order chi connectivity index (χ1) is 13.1. The Morgan fingerprint density at radius 1 is 0.778 bits per heavy atom. The van der Waals surface area contributed by atoms with Gasteiger partial charge in [-0.15, -0.1) is 0 Å². The minimum Gasteiger partial charge on any atom is -0.373 e. The quantitative estimate of drug-likeness (QED) is 0.610. The normalized spacial score (nSPS) is 59.1. The minimum absolute atomic E-state index is 0.0366. The molecule has 3 aliphatic heterocycles. The largest absolute Gasteiger partial charge is 0.373 e. The van der Waals surface area contributed by atoms with E-state index in [1.54, 1.807) is 0 Å². The lowest BCUT2D eigenvalue weighted by atomic mass is 9.42. The lowest BCUT2D eigenvalue weighted by molar-refractivity contribution is -0.286. The summed E-state index contributed by atoms with van der Waals surface area (Å²) in [6.07, 6.45) is 11.5. The molecule has 1 spiro atoms. The molecule has 9 atom stereocenters. The number of hydrogen-bond acceptors (Lipinski definition) is 5. The molecular weight excluding hydrogens is 344 g/mol. The van der Waals surface area contributed by atoms with Gasteiger partial charge in [0.2, 0.25) is 0 Å². The van der Waals surface area contributed by atoms with Crippen LogP contribution in [0.25, 0.3) is 0 Å². The van der Waals surface area contributed by atoms with E-state index >= 15 is 0 Å². The van der Waals surface area contributed by atoms with Crippen LogP contribution >= 0.6 is 0 Å². The topological polar surface area (TPSA) is 56.0 Å². The average Bonchev–Trinajstić information content (AvgIpc) is 3.49. The van der Waals surface area contributed by atoms with Crippen molar-refractivity contribution in [1.82, 2.24) is 0 Å². The number of ether oxygens (including phenoxy) is 5. The van der Waals surface area contributed by atoms with E-state index in [4.69, 9.17) is 23.7 Å². The highest BCUT2D eigenvalue weighted by Crippen LogP contribution is 2.73.